The molecule has 0 saturated carbocycles. The van der Waals surface area contributed by atoms with Gasteiger partial charge in [0.2, 0.25) is 0 Å². The second kappa shape index (κ2) is 5.47. The van der Waals surface area contributed by atoms with Crippen molar-refractivity contribution in [2.45, 2.75) is 64.5 Å². The maximum Gasteiger partial charge on any atom is 0.191 e. The molecule has 0 radical (unpaired) electrons. The van der Waals surface area contributed by atoms with Crippen LogP contribution in [0.3, 0.4) is 0 Å². The van der Waals surface area contributed by atoms with Gasteiger partial charge in [-0.2, -0.15) is 0 Å². The van der Waals surface area contributed by atoms with Crippen LogP contribution in [0, 0.1) is 0 Å². The van der Waals surface area contributed by atoms with Crippen molar-refractivity contribution in [3.63, 3.8) is 0 Å². The van der Waals surface area contributed by atoms with Crippen LogP contribution < -0.4 is 0 Å². The highest BCUT2D eigenvalue weighted by Crippen LogP contribution is 2.36. The first-order chi connectivity index (χ1) is 6.46. The number of halogens is 1. The van der Waals surface area contributed by atoms with Crippen molar-refractivity contribution in [1.82, 2.24) is 0 Å². The summed E-state index contributed by atoms with van der Waals surface area (Å²) >= 11 is 3.79. The lowest BCUT2D eigenvalue weighted by Crippen LogP contribution is -2.41. The van der Waals surface area contributed by atoms with Gasteiger partial charge in [-0.25, -0.2) is 0 Å². The van der Waals surface area contributed by atoms with Gasteiger partial charge in [0.05, 0.1) is 0 Å². The van der Waals surface area contributed by atoms with Crippen LogP contribution in [0.1, 0.15) is 27.2 Å². The lowest BCUT2D eigenvalue weighted by molar-refractivity contribution is 0.287. The molecule has 0 aliphatic carbocycles. The standard InChI is InChI=1S/C11H27BrOSi2/c1-11(2,3)15(6,7)13-9-8-10-14(4,5)12/h8-10H2,1-7H3. The number of hydrogen-bond acceptors (Lipinski definition) is 1. The monoisotopic (exact) mass is 310 g/mol. The Bertz CT molecular complexity index is 192. The third-order valence-electron chi connectivity index (χ3n) is 3.18. The highest BCUT2D eigenvalue weighted by molar-refractivity contribution is 9.26. The third kappa shape index (κ3) is 6.92. The molecule has 0 atom stereocenters. The average Bonchev–Trinajstić information content (AvgIpc) is 1.94. The first-order valence-electron chi connectivity index (χ1n) is 5.79. The number of hydrogen-bond donors (Lipinski definition) is 0. The van der Waals surface area contributed by atoms with Crippen LogP contribution in [0.15, 0.2) is 0 Å². The fourth-order valence-electron chi connectivity index (χ4n) is 1.04. The molecule has 1 nitrogen and oxygen atoms in total. The Hall–Kier alpha value is 0.874. The van der Waals surface area contributed by atoms with Gasteiger partial charge in [-0.1, -0.05) is 33.9 Å². The van der Waals surface area contributed by atoms with Crippen LogP contribution in [-0.2, 0) is 4.43 Å². The molecule has 0 unspecified atom stereocenters. The van der Waals surface area contributed by atoms with Gasteiger partial charge in [-0.15, -0.1) is 15.3 Å². The van der Waals surface area contributed by atoms with Gasteiger partial charge in [0.1, 0.15) is 6.69 Å². The molecule has 4 heteroatoms. The maximum atomic E-state index is 6.13. The van der Waals surface area contributed by atoms with E-state index in [2.05, 4.69) is 62.3 Å². The van der Waals surface area contributed by atoms with E-state index in [9.17, 15) is 0 Å². The van der Waals surface area contributed by atoms with E-state index in [-0.39, 0.29) is 0 Å². The number of rotatable bonds is 5. The lowest BCUT2D eigenvalue weighted by atomic mass is 10.2. The molecule has 0 aliphatic heterocycles. The summed E-state index contributed by atoms with van der Waals surface area (Å²) in [6, 6.07) is 1.31. The van der Waals surface area contributed by atoms with Crippen LogP contribution >= 0.6 is 15.3 Å². The molecule has 0 spiro atoms. The third-order valence-corrected chi connectivity index (χ3v) is 10.5. The van der Waals surface area contributed by atoms with E-state index in [1.807, 2.05) is 0 Å². The molecule has 15 heavy (non-hydrogen) atoms. The van der Waals surface area contributed by atoms with E-state index in [0.29, 0.717) is 5.04 Å². The molecule has 0 aromatic carbocycles. The Morgan fingerprint density at radius 2 is 1.53 bits per heavy atom. The second-order valence-corrected chi connectivity index (χ2v) is 21.6. The molecule has 0 rings (SSSR count). The van der Waals surface area contributed by atoms with Crippen molar-refractivity contribution >= 4 is 30.3 Å². The molecule has 0 saturated heterocycles. The fourth-order valence-corrected chi connectivity index (χ4v) is 3.95. The first kappa shape index (κ1) is 15.9. The van der Waals surface area contributed by atoms with Gasteiger partial charge in [0.15, 0.2) is 8.32 Å². The van der Waals surface area contributed by atoms with Crippen molar-refractivity contribution in [2.75, 3.05) is 6.61 Å². The summed E-state index contributed by atoms with van der Waals surface area (Å²) in [7, 11) is -1.50. The Labute approximate surface area is 106 Å². The predicted octanol–water partition coefficient (Wildman–Crippen LogP) is 5.00. The quantitative estimate of drug-likeness (QED) is 0.394. The summed E-state index contributed by atoms with van der Waals surface area (Å²) in [4.78, 5) is 0. The molecule has 0 heterocycles. The molecule has 0 bridgehead atoms. The van der Waals surface area contributed by atoms with Gasteiger partial charge >= 0.3 is 0 Å². The van der Waals surface area contributed by atoms with Crippen LogP contribution in [0.4, 0.5) is 0 Å². The highest BCUT2D eigenvalue weighted by Gasteiger charge is 2.36. The minimum atomic E-state index is -1.50. The summed E-state index contributed by atoms with van der Waals surface area (Å²) in [6.07, 6.45) is 1.21. The van der Waals surface area contributed by atoms with E-state index < -0.39 is 15.0 Å². The smallest absolute Gasteiger partial charge is 0.191 e. The molecule has 0 fully saturated rings. The molecule has 0 N–H and O–H groups in total. The molecular formula is C11H27BrOSi2. The summed E-state index contributed by atoms with van der Waals surface area (Å²) in [5.41, 5.74) is 0. The Morgan fingerprint density at radius 3 is 1.87 bits per heavy atom. The van der Waals surface area contributed by atoms with Crippen molar-refractivity contribution in [1.29, 1.82) is 0 Å². The zero-order valence-electron chi connectivity index (χ0n) is 11.4. The second-order valence-electron chi connectivity index (χ2n) is 6.43. The van der Waals surface area contributed by atoms with E-state index in [1.54, 1.807) is 0 Å². The molecule has 0 aliphatic rings. The predicted molar refractivity (Wildman–Crippen MR) is 79.0 cm³/mol. The van der Waals surface area contributed by atoms with Crippen molar-refractivity contribution < 1.29 is 4.43 Å². The normalized spacial score (nSPS) is 14.4. The largest absolute Gasteiger partial charge is 0.417 e. The van der Waals surface area contributed by atoms with Crippen LogP contribution in [-0.4, -0.2) is 21.6 Å². The highest BCUT2D eigenvalue weighted by atomic mass is 79.9. The topological polar surface area (TPSA) is 9.23 Å². The molecule has 0 aromatic rings. The summed E-state index contributed by atoms with van der Waals surface area (Å²) in [6.45, 7) is 16.1. The Kier molecular flexibility index (Phi) is 5.79. The SMILES string of the molecule is CC(C)(C)[Si](C)(C)OCCC[Si](C)(C)Br. The molecular weight excluding hydrogens is 284 g/mol. The molecule has 0 amide bonds. The van der Waals surface area contributed by atoms with Gasteiger partial charge < -0.3 is 4.43 Å². The van der Waals surface area contributed by atoms with Gasteiger partial charge in [0, 0.05) is 6.61 Å². The fraction of sp³-hybridized carbons (Fsp3) is 1.00. The summed E-state index contributed by atoms with van der Waals surface area (Å²) in [5.74, 6) is 0. The minimum Gasteiger partial charge on any atom is -0.417 e. The van der Waals surface area contributed by atoms with Crippen molar-refractivity contribution in [2.24, 2.45) is 0 Å². The van der Waals surface area contributed by atoms with Crippen LogP contribution in [0.5, 0.6) is 0 Å². The lowest BCUT2D eigenvalue weighted by Gasteiger charge is -2.36. The van der Waals surface area contributed by atoms with E-state index >= 15 is 0 Å². The summed E-state index contributed by atoms with van der Waals surface area (Å²) < 4.78 is 6.13. The van der Waals surface area contributed by atoms with E-state index in [1.165, 1.54) is 12.5 Å². The van der Waals surface area contributed by atoms with Crippen LogP contribution in [0.2, 0.25) is 37.3 Å². The van der Waals surface area contributed by atoms with Crippen molar-refractivity contribution in [3.8, 4) is 0 Å². The van der Waals surface area contributed by atoms with E-state index in [0.717, 1.165) is 6.61 Å². The van der Waals surface area contributed by atoms with Gasteiger partial charge in [-0.05, 0) is 30.6 Å². The van der Waals surface area contributed by atoms with Crippen LogP contribution in [0.25, 0.3) is 0 Å². The van der Waals surface area contributed by atoms with Gasteiger partial charge in [-0.3, -0.25) is 0 Å². The average molecular weight is 311 g/mol. The molecule has 0 aromatic heterocycles. The zero-order chi connectivity index (χ0) is 12.3. The first-order valence-corrected chi connectivity index (χ1v) is 14.2. The maximum absolute atomic E-state index is 6.13. The molecule has 92 valence electrons. The zero-order valence-corrected chi connectivity index (χ0v) is 15.0. The Balaban J connectivity index is 3.87. The van der Waals surface area contributed by atoms with Gasteiger partial charge in [0.25, 0.3) is 0 Å². The minimum absolute atomic E-state index is 0.342. The van der Waals surface area contributed by atoms with Crippen molar-refractivity contribution in [3.05, 3.63) is 0 Å². The Morgan fingerprint density at radius 1 is 1.07 bits per heavy atom. The van der Waals surface area contributed by atoms with E-state index in [4.69, 9.17) is 4.43 Å². The summed E-state index contributed by atoms with van der Waals surface area (Å²) in [5, 5.41) is 0.342.